The molecule has 0 bridgehead atoms. The first-order valence-corrected chi connectivity index (χ1v) is 7.94. The molecule has 0 amide bonds. The van der Waals surface area contributed by atoms with Gasteiger partial charge in [-0.1, -0.05) is 35.3 Å². The summed E-state index contributed by atoms with van der Waals surface area (Å²) in [5, 5.41) is 1.04. The monoisotopic (exact) mass is 320 g/mol. The Bertz CT molecular complexity index is 659. The number of rotatable bonds is 2. The summed E-state index contributed by atoms with van der Waals surface area (Å²) in [5.41, 5.74) is 1.62. The van der Waals surface area contributed by atoms with E-state index in [4.69, 9.17) is 33.9 Å². The number of halogens is 3. The van der Waals surface area contributed by atoms with E-state index in [-0.39, 0.29) is 4.90 Å². The van der Waals surface area contributed by atoms with Crippen molar-refractivity contribution in [2.24, 2.45) is 0 Å². The maximum absolute atomic E-state index is 11.1. The van der Waals surface area contributed by atoms with Crippen LogP contribution in [0, 0.1) is 0 Å². The van der Waals surface area contributed by atoms with Crippen molar-refractivity contribution in [3.63, 3.8) is 0 Å². The fourth-order valence-electron chi connectivity index (χ4n) is 1.53. The minimum Gasteiger partial charge on any atom is -0.207 e. The van der Waals surface area contributed by atoms with Crippen LogP contribution in [0.1, 0.15) is 0 Å². The van der Waals surface area contributed by atoms with Gasteiger partial charge in [0.15, 0.2) is 0 Å². The van der Waals surface area contributed by atoms with Gasteiger partial charge in [0.25, 0.3) is 9.05 Å². The van der Waals surface area contributed by atoms with Gasteiger partial charge in [0.05, 0.1) is 4.90 Å². The van der Waals surface area contributed by atoms with Crippen LogP contribution >= 0.6 is 33.9 Å². The number of hydrogen-bond donors (Lipinski definition) is 0. The third-order valence-corrected chi connectivity index (χ3v) is 4.14. The molecular formula is C12H7Cl3O2S. The van der Waals surface area contributed by atoms with E-state index < -0.39 is 9.05 Å². The minimum absolute atomic E-state index is 0.0565. The highest BCUT2D eigenvalue weighted by Gasteiger charge is 2.09. The lowest BCUT2D eigenvalue weighted by Gasteiger charge is -2.04. The first-order valence-electron chi connectivity index (χ1n) is 4.87. The van der Waals surface area contributed by atoms with Gasteiger partial charge in [0.1, 0.15) is 0 Å². The van der Waals surface area contributed by atoms with Gasteiger partial charge in [-0.15, -0.1) is 0 Å². The Morgan fingerprint density at radius 3 is 1.72 bits per heavy atom. The zero-order valence-corrected chi connectivity index (χ0v) is 12.0. The van der Waals surface area contributed by atoms with Crippen LogP contribution in [-0.2, 0) is 9.05 Å². The Hall–Kier alpha value is -0.740. The van der Waals surface area contributed by atoms with Crippen molar-refractivity contribution in [1.29, 1.82) is 0 Å². The highest BCUT2D eigenvalue weighted by molar-refractivity contribution is 8.13. The first kappa shape index (κ1) is 13.7. The Balaban J connectivity index is 2.46. The van der Waals surface area contributed by atoms with Crippen molar-refractivity contribution in [3.05, 3.63) is 52.5 Å². The van der Waals surface area contributed by atoms with Gasteiger partial charge >= 0.3 is 0 Å². The zero-order chi connectivity index (χ0) is 13.3. The zero-order valence-electron chi connectivity index (χ0n) is 8.90. The molecule has 0 spiro atoms. The predicted molar refractivity (Wildman–Crippen MR) is 74.9 cm³/mol. The van der Waals surface area contributed by atoms with Crippen LogP contribution in [-0.4, -0.2) is 8.42 Å². The molecule has 6 heteroatoms. The summed E-state index contributed by atoms with van der Waals surface area (Å²) in [6, 6.07) is 11.3. The molecule has 94 valence electrons. The van der Waals surface area contributed by atoms with Crippen LogP contribution < -0.4 is 0 Å². The Kier molecular flexibility index (Phi) is 3.87. The van der Waals surface area contributed by atoms with Crippen molar-refractivity contribution in [2.45, 2.75) is 4.90 Å². The molecule has 0 heterocycles. The maximum atomic E-state index is 11.1. The van der Waals surface area contributed by atoms with Crippen molar-refractivity contribution < 1.29 is 8.42 Å². The summed E-state index contributed by atoms with van der Waals surface area (Å²) in [5.74, 6) is 0. The van der Waals surface area contributed by atoms with Crippen LogP contribution in [0.3, 0.4) is 0 Å². The Labute approximate surface area is 120 Å². The summed E-state index contributed by atoms with van der Waals surface area (Å²) >= 11 is 11.8. The SMILES string of the molecule is O=S(=O)(Cl)c1ccc(-c2cc(Cl)cc(Cl)c2)cc1. The van der Waals surface area contributed by atoms with E-state index in [9.17, 15) is 8.42 Å². The highest BCUT2D eigenvalue weighted by Crippen LogP contribution is 2.28. The quantitative estimate of drug-likeness (QED) is 0.758. The molecular weight excluding hydrogens is 315 g/mol. The average Bonchev–Trinajstić information content (AvgIpc) is 2.27. The summed E-state index contributed by atoms with van der Waals surface area (Å²) < 4.78 is 22.2. The molecule has 0 radical (unpaired) electrons. The molecule has 0 atom stereocenters. The number of benzene rings is 2. The molecule has 0 aliphatic rings. The molecule has 2 aromatic rings. The van der Waals surface area contributed by atoms with Gasteiger partial charge in [0, 0.05) is 20.7 Å². The largest absolute Gasteiger partial charge is 0.261 e. The Morgan fingerprint density at radius 1 is 0.778 bits per heavy atom. The normalized spacial score (nSPS) is 11.5. The van der Waals surface area contributed by atoms with Crippen molar-refractivity contribution >= 4 is 42.9 Å². The van der Waals surface area contributed by atoms with Gasteiger partial charge in [-0.3, -0.25) is 0 Å². The molecule has 0 fully saturated rings. The molecule has 0 unspecified atom stereocenters. The second-order valence-electron chi connectivity index (χ2n) is 3.62. The standard InChI is InChI=1S/C12H7Cl3O2S/c13-10-5-9(6-11(14)7-10)8-1-3-12(4-2-8)18(15,16)17/h1-7H. The van der Waals surface area contributed by atoms with E-state index in [1.54, 1.807) is 30.3 Å². The highest BCUT2D eigenvalue weighted by atomic mass is 35.7. The van der Waals surface area contributed by atoms with Crippen LogP contribution in [0.2, 0.25) is 10.0 Å². The van der Waals surface area contributed by atoms with Crippen molar-refractivity contribution in [3.8, 4) is 11.1 Å². The van der Waals surface area contributed by atoms with E-state index in [0.717, 1.165) is 11.1 Å². The maximum Gasteiger partial charge on any atom is 0.261 e. The molecule has 0 saturated carbocycles. The predicted octanol–water partition coefficient (Wildman–Crippen LogP) is 4.59. The van der Waals surface area contributed by atoms with E-state index in [1.807, 2.05) is 0 Å². The molecule has 18 heavy (non-hydrogen) atoms. The first-order chi connectivity index (χ1) is 8.36. The third kappa shape index (κ3) is 3.18. The fourth-order valence-corrected chi connectivity index (χ4v) is 2.83. The lowest BCUT2D eigenvalue weighted by Crippen LogP contribution is -1.89. The summed E-state index contributed by atoms with van der Waals surface area (Å²) in [6.07, 6.45) is 0. The molecule has 2 nitrogen and oxygen atoms in total. The lowest BCUT2D eigenvalue weighted by molar-refractivity contribution is 0.609. The molecule has 2 aromatic carbocycles. The number of hydrogen-bond acceptors (Lipinski definition) is 2. The van der Waals surface area contributed by atoms with Crippen LogP contribution in [0.15, 0.2) is 47.4 Å². The minimum atomic E-state index is -3.70. The van der Waals surface area contributed by atoms with E-state index in [1.165, 1.54) is 12.1 Å². The van der Waals surface area contributed by atoms with Crippen LogP contribution in [0.5, 0.6) is 0 Å². The van der Waals surface area contributed by atoms with Gasteiger partial charge in [-0.2, -0.15) is 0 Å². The second-order valence-corrected chi connectivity index (χ2v) is 7.06. The van der Waals surface area contributed by atoms with Crippen molar-refractivity contribution in [1.82, 2.24) is 0 Å². The van der Waals surface area contributed by atoms with Gasteiger partial charge in [-0.05, 0) is 41.5 Å². The summed E-state index contributed by atoms with van der Waals surface area (Å²) in [6.45, 7) is 0. The summed E-state index contributed by atoms with van der Waals surface area (Å²) in [4.78, 5) is 0.0565. The summed E-state index contributed by atoms with van der Waals surface area (Å²) in [7, 11) is 1.54. The molecule has 0 aliphatic heterocycles. The van der Waals surface area contributed by atoms with Gasteiger partial charge in [-0.25, -0.2) is 8.42 Å². The van der Waals surface area contributed by atoms with Crippen molar-refractivity contribution in [2.75, 3.05) is 0 Å². The molecule has 0 saturated heterocycles. The van der Waals surface area contributed by atoms with E-state index in [0.29, 0.717) is 10.0 Å². The van der Waals surface area contributed by atoms with Gasteiger partial charge in [0.2, 0.25) is 0 Å². The van der Waals surface area contributed by atoms with Crippen LogP contribution in [0.25, 0.3) is 11.1 Å². The molecule has 0 aliphatic carbocycles. The van der Waals surface area contributed by atoms with E-state index >= 15 is 0 Å². The smallest absolute Gasteiger partial charge is 0.207 e. The average molecular weight is 322 g/mol. The molecule has 0 aromatic heterocycles. The lowest BCUT2D eigenvalue weighted by atomic mass is 10.1. The van der Waals surface area contributed by atoms with E-state index in [2.05, 4.69) is 0 Å². The molecule has 2 rings (SSSR count). The van der Waals surface area contributed by atoms with Gasteiger partial charge < -0.3 is 0 Å². The molecule has 0 N–H and O–H groups in total. The fraction of sp³-hybridized carbons (Fsp3) is 0. The Morgan fingerprint density at radius 2 is 1.28 bits per heavy atom. The third-order valence-electron chi connectivity index (χ3n) is 2.33. The van der Waals surface area contributed by atoms with Crippen LogP contribution in [0.4, 0.5) is 0 Å². The topological polar surface area (TPSA) is 34.1 Å². The second kappa shape index (κ2) is 5.10.